The van der Waals surface area contributed by atoms with E-state index in [1.165, 1.54) is 71.0 Å². The summed E-state index contributed by atoms with van der Waals surface area (Å²) in [7, 11) is 0. The first-order chi connectivity index (χ1) is 8.77. The van der Waals surface area contributed by atoms with Gasteiger partial charge in [-0.25, -0.2) is 0 Å². The standard InChI is InChI=1S/C16H32N2/c1-14(2)16(18-11-7-8-12-18)13-17-15-9-5-3-4-6-10-15/h14-17H,3-13H2,1-2H3. The van der Waals surface area contributed by atoms with E-state index in [1.807, 2.05) is 0 Å². The van der Waals surface area contributed by atoms with Gasteiger partial charge in [-0.3, -0.25) is 4.90 Å². The third-order valence-corrected chi connectivity index (χ3v) is 4.85. The predicted octanol–water partition coefficient (Wildman–Crippen LogP) is 3.42. The van der Waals surface area contributed by atoms with Crippen molar-refractivity contribution in [2.75, 3.05) is 19.6 Å². The van der Waals surface area contributed by atoms with E-state index in [1.54, 1.807) is 0 Å². The largest absolute Gasteiger partial charge is 0.312 e. The Bertz CT molecular complexity index is 213. The molecule has 0 amide bonds. The van der Waals surface area contributed by atoms with E-state index in [0.717, 1.165) is 18.0 Å². The fraction of sp³-hybridized carbons (Fsp3) is 1.00. The minimum atomic E-state index is 0.760. The zero-order valence-electron chi connectivity index (χ0n) is 12.5. The number of likely N-dealkylation sites (tertiary alicyclic amines) is 1. The van der Waals surface area contributed by atoms with Crippen LogP contribution in [0, 0.1) is 5.92 Å². The topological polar surface area (TPSA) is 15.3 Å². The molecule has 0 bridgehead atoms. The second-order valence-corrected chi connectivity index (χ2v) is 6.65. The van der Waals surface area contributed by atoms with Crippen molar-refractivity contribution < 1.29 is 0 Å². The van der Waals surface area contributed by atoms with Gasteiger partial charge in [0.1, 0.15) is 0 Å². The summed E-state index contributed by atoms with van der Waals surface area (Å²) in [4.78, 5) is 2.72. The zero-order chi connectivity index (χ0) is 12.8. The molecule has 1 aliphatic heterocycles. The summed E-state index contributed by atoms with van der Waals surface area (Å²) >= 11 is 0. The molecule has 1 saturated heterocycles. The number of hydrogen-bond donors (Lipinski definition) is 1. The van der Waals surface area contributed by atoms with Crippen LogP contribution < -0.4 is 5.32 Å². The van der Waals surface area contributed by atoms with E-state index in [9.17, 15) is 0 Å². The van der Waals surface area contributed by atoms with Gasteiger partial charge in [0.2, 0.25) is 0 Å². The van der Waals surface area contributed by atoms with Crippen molar-refractivity contribution >= 4 is 0 Å². The zero-order valence-corrected chi connectivity index (χ0v) is 12.5. The average molecular weight is 252 g/mol. The van der Waals surface area contributed by atoms with Crippen molar-refractivity contribution in [3.05, 3.63) is 0 Å². The molecule has 1 unspecified atom stereocenters. The smallest absolute Gasteiger partial charge is 0.0243 e. The second kappa shape index (κ2) is 7.49. The van der Waals surface area contributed by atoms with Gasteiger partial charge < -0.3 is 5.32 Å². The molecule has 1 saturated carbocycles. The summed E-state index contributed by atoms with van der Waals surface area (Å²) in [5.74, 6) is 0.779. The van der Waals surface area contributed by atoms with E-state index >= 15 is 0 Å². The Morgan fingerprint density at radius 1 is 0.944 bits per heavy atom. The molecule has 0 aromatic carbocycles. The number of rotatable bonds is 5. The van der Waals surface area contributed by atoms with E-state index in [2.05, 4.69) is 24.1 Å². The van der Waals surface area contributed by atoms with Crippen molar-refractivity contribution in [1.29, 1.82) is 0 Å². The molecule has 1 N–H and O–H groups in total. The summed E-state index contributed by atoms with van der Waals surface area (Å²) in [5.41, 5.74) is 0. The van der Waals surface area contributed by atoms with Crippen LogP contribution in [0.5, 0.6) is 0 Å². The van der Waals surface area contributed by atoms with Gasteiger partial charge in [0, 0.05) is 18.6 Å². The van der Waals surface area contributed by atoms with Crippen molar-refractivity contribution in [3.63, 3.8) is 0 Å². The van der Waals surface area contributed by atoms with E-state index < -0.39 is 0 Å². The molecule has 0 spiro atoms. The second-order valence-electron chi connectivity index (χ2n) is 6.65. The van der Waals surface area contributed by atoms with E-state index in [-0.39, 0.29) is 0 Å². The fourth-order valence-electron chi connectivity index (χ4n) is 3.63. The molecule has 106 valence electrons. The van der Waals surface area contributed by atoms with Crippen molar-refractivity contribution in [2.24, 2.45) is 5.92 Å². The molecule has 0 radical (unpaired) electrons. The molecule has 0 aromatic rings. The minimum absolute atomic E-state index is 0.760. The first kappa shape index (κ1) is 14.3. The Morgan fingerprint density at radius 2 is 1.56 bits per heavy atom. The highest BCUT2D eigenvalue weighted by atomic mass is 15.2. The molecule has 0 aromatic heterocycles. The van der Waals surface area contributed by atoms with Crippen LogP contribution in [-0.4, -0.2) is 36.6 Å². The molecule has 2 rings (SSSR count). The number of nitrogens with one attached hydrogen (secondary N) is 1. The summed E-state index contributed by atoms with van der Waals surface area (Å²) in [5, 5.41) is 3.88. The average Bonchev–Trinajstić information content (AvgIpc) is 2.73. The van der Waals surface area contributed by atoms with E-state index in [4.69, 9.17) is 0 Å². The number of hydrogen-bond acceptors (Lipinski definition) is 2. The highest BCUT2D eigenvalue weighted by Gasteiger charge is 2.25. The molecule has 1 heterocycles. The van der Waals surface area contributed by atoms with Crippen molar-refractivity contribution in [1.82, 2.24) is 10.2 Å². The van der Waals surface area contributed by atoms with Gasteiger partial charge in [-0.05, 0) is 44.7 Å². The lowest BCUT2D eigenvalue weighted by molar-refractivity contribution is 0.180. The van der Waals surface area contributed by atoms with Crippen LogP contribution >= 0.6 is 0 Å². The highest BCUT2D eigenvalue weighted by Crippen LogP contribution is 2.20. The van der Waals surface area contributed by atoms with Gasteiger partial charge in [-0.15, -0.1) is 0 Å². The van der Waals surface area contributed by atoms with Gasteiger partial charge in [-0.1, -0.05) is 39.5 Å². The van der Waals surface area contributed by atoms with Gasteiger partial charge in [0.15, 0.2) is 0 Å². The third-order valence-electron chi connectivity index (χ3n) is 4.85. The summed E-state index contributed by atoms with van der Waals surface area (Å²) in [6.45, 7) is 8.64. The SMILES string of the molecule is CC(C)C(CNC1CCCCCC1)N1CCCC1. The molecule has 2 heteroatoms. The Balaban J connectivity index is 1.77. The van der Waals surface area contributed by atoms with Gasteiger partial charge in [0.05, 0.1) is 0 Å². The summed E-state index contributed by atoms with van der Waals surface area (Å²) in [6, 6.07) is 1.56. The lowest BCUT2D eigenvalue weighted by Gasteiger charge is -2.32. The normalized spacial score (nSPS) is 25.5. The molecule has 18 heavy (non-hydrogen) atoms. The van der Waals surface area contributed by atoms with Crippen LogP contribution in [0.4, 0.5) is 0 Å². The predicted molar refractivity (Wildman–Crippen MR) is 78.9 cm³/mol. The molecule has 2 nitrogen and oxygen atoms in total. The van der Waals surface area contributed by atoms with Gasteiger partial charge >= 0.3 is 0 Å². The maximum atomic E-state index is 3.88. The first-order valence-corrected chi connectivity index (χ1v) is 8.25. The Labute approximate surface area is 114 Å². The summed E-state index contributed by atoms with van der Waals surface area (Å²) < 4.78 is 0. The van der Waals surface area contributed by atoms with E-state index in [0.29, 0.717) is 0 Å². The van der Waals surface area contributed by atoms with Crippen LogP contribution in [-0.2, 0) is 0 Å². The van der Waals surface area contributed by atoms with Crippen LogP contribution in [0.2, 0.25) is 0 Å². The molecular formula is C16H32N2. The maximum Gasteiger partial charge on any atom is 0.0243 e. The molecule has 2 fully saturated rings. The quantitative estimate of drug-likeness (QED) is 0.754. The molecule has 1 atom stereocenters. The van der Waals surface area contributed by atoms with Gasteiger partial charge in [-0.2, -0.15) is 0 Å². The number of nitrogens with zero attached hydrogens (tertiary/aromatic N) is 1. The van der Waals surface area contributed by atoms with Crippen molar-refractivity contribution in [2.45, 2.75) is 77.3 Å². The first-order valence-electron chi connectivity index (χ1n) is 8.25. The molecule has 2 aliphatic rings. The Morgan fingerprint density at radius 3 is 2.11 bits per heavy atom. The molecule has 1 aliphatic carbocycles. The third kappa shape index (κ3) is 4.24. The van der Waals surface area contributed by atoms with Gasteiger partial charge in [0.25, 0.3) is 0 Å². The minimum Gasteiger partial charge on any atom is -0.312 e. The molecular weight excluding hydrogens is 220 g/mol. The highest BCUT2D eigenvalue weighted by molar-refractivity contribution is 4.82. The van der Waals surface area contributed by atoms with Crippen LogP contribution in [0.1, 0.15) is 65.2 Å². The maximum absolute atomic E-state index is 3.88. The lowest BCUT2D eigenvalue weighted by atomic mass is 10.0. The monoisotopic (exact) mass is 252 g/mol. The Kier molecular flexibility index (Phi) is 5.97. The lowest BCUT2D eigenvalue weighted by Crippen LogP contribution is -2.46. The Hall–Kier alpha value is -0.0800. The van der Waals surface area contributed by atoms with Crippen molar-refractivity contribution in [3.8, 4) is 0 Å². The fourth-order valence-corrected chi connectivity index (χ4v) is 3.63. The van der Waals surface area contributed by atoms with Crippen LogP contribution in [0.15, 0.2) is 0 Å². The van der Waals surface area contributed by atoms with Crippen LogP contribution in [0.25, 0.3) is 0 Å². The summed E-state index contributed by atoms with van der Waals surface area (Å²) in [6.07, 6.45) is 11.4. The van der Waals surface area contributed by atoms with Crippen LogP contribution in [0.3, 0.4) is 0 Å².